The molecule has 0 spiro atoms. The molecule has 9 heteroatoms. The molecule has 6 rings (SSSR count). The highest BCUT2D eigenvalue weighted by Crippen LogP contribution is 2.39. The molecule has 9 nitrogen and oxygen atoms in total. The van der Waals surface area contributed by atoms with E-state index in [-0.39, 0.29) is 18.0 Å². The van der Waals surface area contributed by atoms with Crippen molar-refractivity contribution < 1.29 is 23.8 Å². The lowest BCUT2D eigenvalue weighted by Crippen LogP contribution is -2.54. The summed E-state index contributed by atoms with van der Waals surface area (Å²) < 4.78 is 17.1. The molecule has 2 aromatic heterocycles. The van der Waals surface area contributed by atoms with Crippen LogP contribution in [0.25, 0.3) is 22.2 Å². The van der Waals surface area contributed by atoms with Crippen LogP contribution in [0.15, 0.2) is 30.6 Å². The molecule has 3 aromatic rings. The summed E-state index contributed by atoms with van der Waals surface area (Å²) in [4.78, 5) is 38.5. The molecule has 3 aliphatic rings. The lowest BCUT2D eigenvalue weighted by Gasteiger charge is -2.43. The Hall–Kier alpha value is -3.43. The fourth-order valence-electron chi connectivity index (χ4n) is 5.94. The number of pyridine rings is 1. The van der Waals surface area contributed by atoms with Crippen molar-refractivity contribution in [3.8, 4) is 11.1 Å². The number of nitrogens with zero attached hydrogens (tertiary/aromatic N) is 3. The number of amides is 2. The lowest BCUT2D eigenvalue weighted by molar-refractivity contribution is -0.169. The predicted octanol–water partition coefficient (Wildman–Crippen LogP) is 4.77. The Morgan fingerprint density at radius 1 is 1.12 bits per heavy atom. The van der Waals surface area contributed by atoms with Gasteiger partial charge < -0.3 is 24.1 Å². The highest BCUT2D eigenvalue weighted by molar-refractivity contribution is 5.85. The van der Waals surface area contributed by atoms with Gasteiger partial charge in [-0.1, -0.05) is 6.07 Å². The molecule has 0 saturated carbocycles. The first-order valence-corrected chi connectivity index (χ1v) is 14.1. The smallest absolute Gasteiger partial charge is 0.410 e. The van der Waals surface area contributed by atoms with Crippen molar-refractivity contribution in [3.05, 3.63) is 52.8 Å². The molecule has 212 valence electrons. The third kappa shape index (κ3) is 4.86. The van der Waals surface area contributed by atoms with Crippen molar-refractivity contribution in [1.82, 2.24) is 19.8 Å². The number of carbonyl (C=O) groups excluding carboxylic acids is 2. The Labute approximate surface area is 234 Å². The Morgan fingerprint density at radius 2 is 1.93 bits per heavy atom. The zero-order chi connectivity index (χ0) is 28.2. The van der Waals surface area contributed by atoms with Crippen LogP contribution in [-0.4, -0.2) is 76.9 Å². The second kappa shape index (κ2) is 9.89. The van der Waals surface area contributed by atoms with E-state index in [1.165, 1.54) is 5.56 Å². The van der Waals surface area contributed by atoms with Gasteiger partial charge in [0.25, 0.3) is 0 Å². The average Bonchev–Trinajstić information content (AvgIpc) is 3.29. The molecule has 0 bridgehead atoms. The number of nitrogens with one attached hydrogen (secondary N) is 1. The number of aromatic amines is 1. The molecular formula is C31H38N4O5. The molecule has 2 amide bonds. The van der Waals surface area contributed by atoms with Crippen LogP contribution in [0.3, 0.4) is 0 Å². The van der Waals surface area contributed by atoms with E-state index in [1.54, 1.807) is 4.90 Å². The molecule has 1 N–H and O–H groups in total. The minimum atomic E-state index is -0.611. The van der Waals surface area contributed by atoms with Gasteiger partial charge >= 0.3 is 6.09 Å². The van der Waals surface area contributed by atoms with Gasteiger partial charge in [-0.05, 0) is 81.0 Å². The Bertz CT molecular complexity index is 1470. The van der Waals surface area contributed by atoms with Crippen LogP contribution in [0.2, 0.25) is 0 Å². The Balaban J connectivity index is 1.44. The summed E-state index contributed by atoms with van der Waals surface area (Å²) in [5.74, 6) is 0.126. The number of H-pyrrole nitrogens is 1. The van der Waals surface area contributed by atoms with Crippen LogP contribution in [0, 0.1) is 12.3 Å². The maximum absolute atomic E-state index is 13.5. The summed E-state index contributed by atoms with van der Waals surface area (Å²) in [6.45, 7) is 13.0. The summed E-state index contributed by atoms with van der Waals surface area (Å²) in [6, 6.07) is 6.21. The fourth-order valence-corrected chi connectivity index (χ4v) is 5.94. The van der Waals surface area contributed by atoms with Gasteiger partial charge in [-0.15, -0.1) is 0 Å². The van der Waals surface area contributed by atoms with Crippen molar-refractivity contribution in [3.63, 3.8) is 0 Å². The van der Waals surface area contributed by atoms with E-state index >= 15 is 0 Å². The van der Waals surface area contributed by atoms with Crippen molar-refractivity contribution in [1.29, 1.82) is 0 Å². The van der Waals surface area contributed by atoms with Crippen molar-refractivity contribution >= 4 is 23.0 Å². The van der Waals surface area contributed by atoms with Crippen LogP contribution in [-0.2, 0) is 32.0 Å². The topological polar surface area (TPSA) is 97.0 Å². The van der Waals surface area contributed by atoms with Crippen LogP contribution >= 0.6 is 0 Å². The number of hydrogen-bond donors (Lipinski definition) is 1. The second-order valence-electron chi connectivity index (χ2n) is 12.6. The first kappa shape index (κ1) is 26.8. The summed E-state index contributed by atoms with van der Waals surface area (Å²) in [6.07, 6.45) is 4.24. The minimum Gasteiger partial charge on any atom is -0.444 e. The zero-order valence-corrected chi connectivity index (χ0v) is 24.0. The van der Waals surface area contributed by atoms with E-state index in [4.69, 9.17) is 14.2 Å². The molecule has 2 fully saturated rings. The third-order valence-corrected chi connectivity index (χ3v) is 8.21. The van der Waals surface area contributed by atoms with Crippen LogP contribution in [0.4, 0.5) is 4.79 Å². The van der Waals surface area contributed by atoms with Crippen molar-refractivity contribution in [2.24, 2.45) is 5.41 Å². The number of aryl methyl sites for hydroxylation is 1. The molecular weight excluding hydrogens is 508 g/mol. The maximum atomic E-state index is 13.5. The lowest BCUT2D eigenvalue weighted by atomic mass is 9.83. The SMILES string of the molecule is Cc1c[nH]c2ncc(-c3cc4c(c([C@@H]5COCCN5C(=O)OC(C)(C)C)c3)CN(C(=O)C3(C)COC3)CC4)cc12. The number of rotatable bonds is 3. The molecule has 0 radical (unpaired) electrons. The quantitative estimate of drug-likeness (QED) is 0.509. The van der Waals surface area contributed by atoms with E-state index in [0.717, 1.165) is 45.3 Å². The molecule has 5 heterocycles. The molecule has 40 heavy (non-hydrogen) atoms. The third-order valence-electron chi connectivity index (χ3n) is 8.21. The van der Waals surface area contributed by atoms with E-state index < -0.39 is 11.0 Å². The van der Waals surface area contributed by atoms with Crippen LogP contribution in [0.1, 0.15) is 56.0 Å². The molecule has 1 aromatic carbocycles. The van der Waals surface area contributed by atoms with Crippen molar-refractivity contribution in [2.75, 3.05) is 39.5 Å². The number of benzene rings is 1. The zero-order valence-electron chi connectivity index (χ0n) is 24.0. The van der Waals surface area contributed by atoms with Gasteiger partial charge in [0.05, 0.1) is 37.9 Å². The van der Waals surface area contributed by atoms with Gasteiger partial charge in [-0.3, -0.25) is 9.69 Å². The van der Waals surface area contributed by atoms with E-state index in [0.29, 0.717) is 46.1 Å². The van der Waals surface area contributed by atoms with Crippen LogP contribution < -0.4 is 0 Å². The van der Waals surface area contributed by atoms with Crippen molar-refractivity contribution in [2.45, 2.75) is 59.2 Å². The van der Waals surface area contributed by atoms with E-state index in [9.17, 15) is 9.59 Å². The summed E-state index contributed by atoms with van der Waals surface area (Å²) in [7, 11) is 0. The normalized spacial score (nSPS) is 20.7. The van der Waals surface area contributed by atoms with Gasteiger partial charge in [0, 0.05) is 43.0 Å². The summed E-state index contributed by atoms with van der Waals surface area (Å²) in [5, 5.41) is 1.08. The monoisotopic (exact) mass is 546 g/mol. The summed E-state index contributed by atoms with van der Waals surface area (Å²) in [5.41, 5.74) is 6.24. The number of fused-ring (bicyclic) bond motifs is 2. The molecule has 2 saturated heterocycles. The maximum Gasteiger partial charge on any atom is 0.410 e. The van der Waals surface area contributed by atoms with E-state index in [2.05, 4.69) is 35.1 Å². The highest BCUT2D eigenvalue weighted by atomic mass is 16.6. The average molecular weight is 547 g/mol. The predicted molar refractivity (Wildman–Crippen MR) is 151 cm³/mol. The largest absolute Gasteiger partial charge is 0.444 e. The number of aromatic nitrogens is 2. The Morgan fingerprint density at radius 3 is 2.65 bits per heavy atom. The highest BCUT2D eigenvalue weighted by Gasteiger charge is 2.45. The number of morpholine rings is 1. The van der Waals surface area contributed by atoms with Crippen LogP contribution in [0.5, 0.6) is 0 Å². The number of ether oxygens (including phenoxy) is 3. The second-order valence-corrected chi connectivity index (χ2v) is 12.6. The van der Waals surface area contributed by atoms with Gasteiger partial charge in [-0.2, -0.15) is 0 Å². The summed E-state index contributed by atoms with van der Waals surface area (Å²) >= 11 is 0. The number of carbonyl (C=O) groups is 2. The standard InChI is InChI=1S/C31H38N4O5/c1-19-13-32-27-23(19)12-22(14-33-27)21-10-20-6-7-34(28(36)31(5)17-39-18-31)15-25(20)24(11-21)26-16-38-9-8-35(26)29(37)40-30(2,3)4/h10-14,26H,6-9,15-18H2,1-5H3,(H,32,33)/t26-/m0/s1. The molecule has 1 atom stereocenters. The Kier molecular flexibility index (Phi) is 6.62. The molecule has 0 unspecified atom stereocenters. The van der Waals surface area contributed by atoms with Gasteiger partial charge in [-0.25, -0.2) is 9.78 Å². The molecule has 3 aliphatic heterocycles. The fraction of sp³-hybridized carbons (Fsp3) is 0.516. The minimum absolute atomic E-state index is 0.126. The van der Waals surface area contributed by atoms with Gasteiger partial charge in [0.1, 0.15) is 11.2 Å². The molecule has 0 aliphatic carbocycles. The van der Waals surface area contributed by atoms with Gasteiger partial charge in [0.15, 0.2) is 0 Å². The first-order chi connectivity index (χ1) is 19.0. The number of hydrogen-bond acceptors (Lipinski definition) is 6. The van der Waals surface area contributed by atoms with Gasteiger partial charge in [0.2, 0.25) is 5.91 Å². The first-order valence-electron chi connectivity index (χ1n) is 14.1. The van der Waals surface area contributed by atoms with E-state index in [1.807, 2.05) is 45.0 Å².